The number of fused-ring (bicyclic) bond motifs is 4. The van der Waals surface area contributed by atoms with Gasteiger partial charge in [0.25, 0.3) is 5.91 Å². The summed E-state index contributed by atoms with van der Waals surface area (Å²) < 4.78 is 17.2. The number of esters is 1. The predicted octanol–water partition coefficient (Wildman–Crippen LogP) is 7.02. The van der Waals surface area contributed by atoms with Gasteiger partial charge in [-0.1, -0.05) is 66.4 Å². The van der Waals surface area contributed by atoms with Gasteiger partial charge in [0, 0.05) is 32.2 Å². The standard InChI is InChI=1S/C36H29ClN2O6S2/c1-43-24-10-7-22(8-11-24)19-44-36(42)33-30(47-25-12-14-27-26-13-9-23(18-37)15-28(26)45-29(27)17-25)20-46-35-32(34(41)39(33)35)38-31(40)16-21-5-3-2-4-6-21/h2-15,17,32,35H,16,18-20H2,1H3,(H,38,40)/t32-,35-/m1/s1. The minimum Gasteiger partial charge on any atom is -0.497 e. The molecule has 2 amide bonds. The quantitative estimate of drug-likeness (QED) is 0.0952. The van der Waals surface area contributed by atoms with E-state index >= 15 is 0 Å². The molecule has 0 unspecified atom stereocenters. The fraction of sp³-hybridized carbons (Fsp3) is 0.194. The molecule has 2 aliphatic rings. The molecule has 0 aliphatic carbocycles. The van der Waals surface area contributed by atoms with Crippen molar-refractivity contribution in [1.82, 2.24) is 10.2 Å². The summed E-state index contributed by atoms with van der Waals surface area (Å²) in [5.74, 6) is 0.343. The van der Waals surface area contributed by atoms with Crippen molar-refractivity contribution in [3.8, 4) is 5.75 Å². The molecule has 1 saturated heterocycles. The minimum atomic E-state index is -0.739. The van der Waals surface area contributed by atoms with Crippen molar-refractivity contribution >= 4 is 74.8 Å². The maximum Gasteiger partial charge on any atom is 0.356 e. The molecule has 3 heterocycles. The van der Waals surface area contributed by atoms with Crippen molar-refractivity contribution in [1.29, 1.82) is 0 Å². The maximum absolute atomic E-state index is 13.8. The lowest BCUT2D eigenvalue weighted by atomic mass is 10.0. The van der Waals surface area contributed by atoms with Gasteiger partial charge in [0.2, 0.25) is 5.91 Å². The zero-order valence-corrected chi connectivity index (χ0v) is 27.6. The molecule has 0 radical (unpaired) electrons. The molecule has 0 saturated carbocycles. The third-order valence-corrected chi connectivity index (χ3v) is 10.9. The van der Waals surface area contributed by atoms with Crippen LogP contribution in [-0.4, -0.2) is 47.0 Å². The summed E-state index contributed by atoms with van der Waals surface area (Å²) in [5, 5.41) is 4.43. The number of carbonyl (C=O) groups is 3. The lowest BCUT2D eigenvalue weighted by Crippen LogP contribution is -2.70. The number of furan rings is 1. The second-order valence-corrected chi connectivity index (χ2v) is 13.7. The van der Waals surface area contributed by atoms with Crippen LogP contribution in [0.1, 0.15) is 16.7 Å². The molecule has 1 N–H and O–H groups in total. The number of thioether (sulfide) groups is 2. The van der Waals surface area contributed by atoms with Crippen LogP contribution in [0.25, 0.3) is 21.9 Å². The Labute approximate surface area is 284 Å². The van der Waals surface area contributed by atoms with E-state index in [1.165, 1.54) is 28.4 Å². The van der Waals surface area contributed by atoms with Crippen LogP contribution in [0.4, 0.5) is 0 Å². The zero-order chi connectivity index (χ0) is 32.5. The average Bonchev–Trinajstić information content (AvgIpc) is 3.46. The van der Waals surface area contributed by atoms with Crippen molar-refractivity contribution < 1.29 is 28.3 Å². The number of methoxy groups -OCH3 is 1. The normalized spacial score (nSPS) is 17.4. The lowest BCUT2D eigenvalue weighted by molar-refractivity contribution is -0.153. The summed E-state index contributed by atoms with van der Waals surface area (Å²) in [6, 6.07) is 27.7. The van der Waals surface area contributed by atoms with Crippen LogP contribution >= 0.6 is 35.1 Å². The highest BCUT2D eigenvalue weighted by atomic mass is 35.5. The van der Waals surface area contributed by atoms with Gasteiger partial charge in [-0.2, -0.15) is 0 Å². The van der Waals surface area contributed by atoms with E-state index in [4.69, 9.17) is 25.5 Å². The smallest absolute Gasteiger partial charge is 0.356 e. The number of β-lactam (4-membered cyclic amide) rings is 1. The highest BCUT2D eigenvalue weighted by molar-refractivity contribution is 8.06. The van der Waals surface area contributed by atoms with Crippen molar-refractivity contribution in [2.75, 3.05) is 12.9 Å². The number of hydrogen-bond donors (Lipinski definition) is 1. The second kappa shape index (κ2) is 13.4. The highest BCUT2D eigenvalue weighted by Gasteiger charge is 2.54. The Kier molecular flexibility index (Phi) is 8.90. The van der Waals surface area contributed by atoms with Gasteiger partial charge in [-0.15, -0.1) is 23.4 Å². The van der Waals surface area contributed by atoms with Crippen LogP contribution < -0.4 is 10.1 Å². The van der Waals surface area contributed by atoms with Crippen molar-refractivity contribution in [2.45, 2.75) is 35.2 Å². The fourth-order valence-electron chi connectivity index (χ4n) is 5.69. The maximum atomic E-state index is 13.8. The third kappa shape index (κ3) is 6.33. The van der Waals surface area contributed by atoms with E-state index in [1.54, 1.807) is 19.2 Å². The summed E-state index contributed by atoms with van der Waals surface area (Å²) in [5.41, 5.74) is 4.27. The highest BCUT2D eigenvalue weighted by Crippen LogP contribution is 2.46. The van der Waals surface area contributed by atoms with E-state index in [1.807, 2.05) is 78.9 Å². The van der Waals surface area contributed by atoms with Crippen LogP contribution in [0.3, 0.4) is 0 Å². The van der Waals surface area contributed by atoms with Gasteiger partial charge in [-0.3, -0.25) is 14.5 Å². The Hall–Kier alpha value is -4.38. The van der Waals surface area contributed by atoms with Gasteiger partial charge in [0.1, 0.15) is 40.6 Å². The van der Waals surface area contributed by atoms with E-state index in [0.717, 1.165) is 37.9 Å². The summed E-state index contributed by atoms with van der Waals surface area (Å²) in [6.07, 6.45) is 0.160. The van der Waals surface area contributed by atoms with Crippen molar-refractivity contribution in [3.05, 3.63) is 118 Å². The molecule has 1 aromatic heterocycles. The average molecular weight is 685 g/mol. The van der Waals surface area contributed by atoms with E-state index < -0.39 is 17.4 Å². The minimum absolute atomic E-state index is 0.0244. The molecule has 0 spiro atoms. The number of carbonyl (C=O) groups excluding carboxylic acids is 3. The summed E-state index contributed by atoms with van der Waals surface area (Å²) in [6.45, 7) is 0.0244. The van der Waals surface area contributed by atoms with Crippen LogP contribution in [0.15, 0.2) is 111 Å². The van der Waals surface area contributed by atoms with E-state index in [9.17, 15) is 14.4 Å². The Balaban J connectivity index is 1.15. The fourth-order valence-corrected chi connectivity index (χ4v) is 8.36. The number of amides is 2. The third-order valence-electron chi connectivity index (χ3n) is 8.08. The van der Waals surface area contributed by atoms with Gasteiger partial charge in [-0.25, -0.2) is 4.79 Å². The van der Waals surface area contributed by atoms with Gasteiger partial charge < -0.3 is 19.2 Å². The Morgan fingerprint density at radius 3 is 2.43 bits per heavy atom. The summed E-state index contributed by atoms with van der Waals surface area (Å²) in [7, 11) is 1.59. The molecule has 1 fully saturated rings. The number of alkyl halides is 1. The number of nitrogens with zero attached hydrogens (tertiary/aromatic N) is 1. The largest absolute Gasteiger partial charge is 0.497 e. The van der Waals surface area contributed by atoms with E-state index in [-0.39, 0.29) is 30.5 Å². The number of rotatable bonds is 10. The molecule has 0 bridgehead atoms. The summed E-state index contributed by atoms with van der Waals surface area (Å²) in [4.78, 5) is 43.2. The molecule has 47 heavy (non-hydrogen) atoms. The van der Waals surface area contributed by atoms with Crippen LogP contribution in [0.5, 0.6) is 5.75 Å². The molecule has 5 aromatic rings. The van der Waals surface area contributed by atoms with E-state index in [2.05, 4.69) is 5.32 Å². The van der Waals surface area contributed by atoms with Gasteiger partial charge in [0.05, 0.1) is 13.5 Å². The Morgan fingerprint density at radius 2 is 1.68 bits per heavy atom. The SMILES string of the molecule is COc1ccc(COC(=O)C2=C(Sc3ccc4c(c3)oc3cc(CCl)ccc34)CS[C@@H]3[C@H](NC(=O)Cc4ccccc4)C(=O)N23)cc1. The monoisotopic (exact) mass is 684 g/mol. The predicted molar refractivity (Wildman–Crippen MR) is 184 cm³/mol. The first-order valence-corrected chi connectivity index (χ1v) is 17.3. The first-order chi connectivity index (χ1) is 22.9. The summed E-state index contributed by atoms with van der Waals surface area (Å²) >= 11 is 8.93. The lowest BCUT2D eigenvalue weighted by Gasteiger charge is -2.49. The molecular formula is C36H29ClN2O6S2. The van der Waals surface area contributed by atoms with Gasteiger partial charge >= 0.3 is 5.97 Å². The number of ether oxygens (including phenoxy) is 2. The zero-order valence-electron chi connectivity index (χ0n) is 25.2. The molecular weight excluding hydrogens is 656 g/mol. The molecule has 8 nitrogen and oxygen atoms in total. The Morgan fingerprint density at radius 1 is 0.957 bits per heavy atom. The first kappa shape index (κ1) is 31.2. The molecule has 238 valence electrons. The van der Waals surface area contributed by atoms with E-state index in [0.29, 0.717) is 27.9 Å². The van der Waals surface area contributed by atoms with Gasteiger partial charge in [-0.05, 0) is 53.1 Å². The molecule has 11 heteroatoms. The number of benzene rings is 4. The molecule has 2 aliphatic heterocycles. The van der Waals surface area contributed by atoms with Gasteiger partial charge in [0.15, 0.2) is 0 Å². The first-order valence-electron chi connectivity index (χ1n) is 14.9. The van der Waals surface area contributed by atoms with Crippen LogP contribution in [-0.2, 0) is 38.0 Å². The number of halogens is 1. The van der Waals surface area contributed by atoms with Crippen molar-refractivity contribution in [2.24, 2.45) is 0 Å². The molecule has 4 aromatic carbocycles. The number of nitrogens with one attached hydrogen (secondary N) is 1. The van der Waals surface area contributed by atoms with Crippen LogP contribution in [0.2, 0.25) is 0 Å². The van der Waals surface area contributed by atoms with Crippen LogP contribution in [0, 0.1) is 0 Å². The van der Waals surface area contributed by atoms with Crippen molar-refractivity contribution in [3.63, 3.8) is 0 Å². The second-order valence-electron chi connectivity index (χ2n) is 11.1. The molecule has 7 rings (SSSR count). The number of hydrogen-bond acceptors (Lipinski definition) is 8. The topological polar surface area (TPSA) is 98.1 Å². The Bertz CT molecular complexity index is 2030. The molecule has 2 atom stereocenters.